The summed E-state index contributed by atoms with van der Waals surface area (Å²) >= 11 is 0. The minimum atomic E-state index is -1.18. The first kappa shape index (κ1) is 44.0. The van der Waals surface area contributed by atoms with E-state index in [0.29, 0.717) is 58.5 Å². The van der Waals surface area contributed by atoms with Gasteiger partial charge in [0.15, 0.2) is 0 Å². The molecule has 52 heavy (non-hydrogen) atoms. The molecule has 1 aromatic rings. The molecule has 1 aliphatic heterocycles. The lowest BCUT2D eigenvalue weighted by molar-refractivity contribution is -0.144. The van der Waals surface area contributed by atoms with Crippen molar-refractivity contribution in [2.24, 2.45) is 0 Å². The average molecular weight is 739 g/mol. The van der Waals surface area contributed by atoms with E-state index in [0.717, 1.165) is 11.1 Å². The summed E-state index contributed by atoms with van der Waals surface area (Å²) in [4.78, 5) is 80.1. The average Bonchev–Trinajstić information content (AvgIpc) is 3.02. The van der Waals surface area contributed by atoms with Crippen molar-refractivity contribution in [1.29, 1.82) is 0 Å². The predicted molar refractivity (Wildman–Crippen MR) is 187 cm³/mol. The van der Waals surface area contributed by atoms with Crippen molar-refractivity contribution < 1.29 is 59.4 Å². The molecule has 292 valence electrons. The lowest BCUT2D eigenvalue weighted by Crippen LogP contribution is -2.52. The summed E-state index contributed by atoms with van der Waals surface area (Å²) in [5.41, 5.74) is 2.21. The van der Waals surface area contributed by atoms with Gasteiger partial charge in [0.25, 0.3) is 0 Å². The number of hydrogen-bond acceptors (Lipinski definition) is 12. The molecule has 1 fully saturated rings. The topological polar surface area (TPSA) is 243 Å². The Kier molecular flexibility index (Phi) is 19.8. The van der Waals surface area contributed by atoms with E-state index in [1.807, 2.05) is 41.0 Å². The van der Waals surface area contributed by atoms with Crippen molar-refractivity contribution in [3.8, 4) is 0 Å². The van der Waals surface area contributed by atoms with Crippen molar-refractivity contribution in [3.63, 3.8) is 0 Å². The highest BCUT2D eigenvalue weighted by atomic mass is 16.4. The van der Waals surface area contributed by atoms with Crippen molar-refractivity contribution >= 4 is 35.8 Å². The fourth-order valence-electron chi connectivity index (χ4n) is 6.21. The van der Waals surface area contributed by atoms with Crippen LogP contribution in [0, 0.1) is 6.92 Å². The van der Waals surface area contributed by atoms with Gasteiger partial charge in [-0.2, -0.15) is 0 Å². The van der Waals surface area contributed by atoms with Crippen LogP contribution in [0.5, 0.6) is 0 Å². The van der Waals surface area contributed by atoms with Gasteiger partial charge in [-0.15, -0.1) is 0 Å². The molecule has 18 nitrogen and oxygen atoms in total. The molecule has 18 heteroatoms. The molecule has 6 N–H and O–H groups in total. The molecule has 0 bridgehead atoms. The molecule has 1 unspecified atom stereocenters. The number of aliphatic carboxylic acids is 6. The monoisotopic (exact) mass is 738 g/mol. The zero-order valence-electron chi connectivity index (χ0n) is 29.8. The van der Waals surface area contributed by atoms with Crippen LogP contribution in [-0.4, -0.2) is 213 Å². The Morgan fingerprint density at radius 2 is 1.02 bits per heavy atom. The normalized spacial score (nSPS) is 16.6. The van der Waals surface area contributed by atoms with Crippen LogP contribution in [0.2, 0.25) is 0 Å². The maximum absolute atomic E-state index is 11.8. The Bertz CT molecular complexity index is 1250. The molecule has 2 rings (SSSR count). The van der Waals surface area contributed by atoms with E-state index in [4.69, 9.17) is 0 Å². The standard InChI is InChI=1S/C34H54N6O12/c1-26-5-7-27(8-6-26)3-2-4-28(40(24-33(49)50)25-34(51)52)19-36-14-16-37(20-29(41)42)12-9-35(10-13-38(17-15-36)21-30(43)44)11-18-39(22-31(45)46)23-32(47)48/h5-8,28H,2-4,9-25H2,1H3,(H,41,42)(H,43,44)(H,45,46)(H,47,48)(H,49,50)(H,51,52). The Morgan fingerprint density at radius 3 is 1.44 bits per heavy atom. The highest BCUT2D eigenvalue weighted by Gasteiger charge is 2.27. The Balaban J connectivity index is 2.31. The zero-order chi connectivity index (χ0) is 38.6. The molecule has 1 aromatic carbocycles. The highest BCUT2D eigenvalue weighted by molar-refractivity contribution is 5.73. The number of rotatable bonds is 22. The summed E-state index contributed by atoms with van der Waals surface area (Å²) in [6, 6.07) is 7.56. The van der Waals surface area contributed by atoms with Gasteiger partial charge in [-0.25, -0.2) is 0 Å². The van der Waals surface area contributed by atoms with Crippen LogP contribution in [0.4, 0.5) is 0 Å². The van der Waals surface area contributed by atoms with Crippen LogP contribution in [0.15, 0.2) is 24.3 Å². The second-order valence-electron chi connectivity index (χ2n) is 13.2. The second-order valence-corrected chi connectivity index (χ2v) is 13.2. The number of carbonyl (C=O) groups is 6. The zero-order valence-corrected chi connectivity index (χ0v) is 29.8. The third-order valence-electron chi connectivity index (χ3n) is 8.88. The van der Waals surface area contributed by atoms with Gasteiger partial charge >= 0.3 is 35.8 Å². The van der Waals surface area contributed by atoms with Crippen molar-refractivity contribution in [1.82, 2.24) is 29.4 Å². The van der Waals surface area contributed by atoms with Gasteiger partial charge in [-0.05, 0) is 31.7 Å². The molecule has 1 atom stereocenters. The fourth-order valence-corrected chi connectivity index (χ4v) is 6.21. The molecule has 0 saturated carbocycles. The summed E-state index contributed by atoms with van der Waals surface area (Å²) in [6.07, 6.45) is 1.84. The number of carboxylic acids is 6. The van der Waals surface area contributed by atoms with E-state index in [2.05, 4.69) is 0 Å². The Hall–Kier alpha value is -4.20. The summed E-state index contributed by atoms with van der Waals surface area (Å²) in [5.74, 6) is -6.79. The maximum Gasteiger partial charge on any atom is 0.317 e. The molecule has 1 heterocycles. The fraction of sp³-hybridized carbons (Fsp3) is 0.647. The number of aryl methyl sites for hydroxylation is 2. The van der Waals surface area contributed by atoms with E-state index in [1.165, 1.54) is 9.80 Å². The molecular weight excluding hydrogens is 684 g/mol. The van der Waals surface area contributed by atoms with Gasteiger partial charge in [-0.1, -0.05) is 29.8 Å². The smallest absolute Gasteiger partial charge is 0.317 e. The van der Waals surface area contributed by atoms with Gasteiger partial charge in [0.05, 0.1) is 39.3 Å². The minimum Gasteiger partial charge on any atom is -0.480 e. The van der Waals surface area contributed by atoms with E-state index >= 15 is 0 Å². The minimum absolute atomic E-state index is 0.110. The first-order chi connectivity index (χ1) is 24.6. The second kappa shape index (κ2) is 23.4. The highest BCUT2D eigenvalue weighted by Crippen LogP contribution is 2.15. The summed E-state index contributed by atoms with van der Waals surface area (Å²) in [5, 5.41) is 57.1. The third kappa shape index (κ3) is 19.4. The first-order valence-corrected chi connectivity index (χ1v) is 17.3. The molecule has 0 amide bonds. The van der Waals surface area contributed by atoms with E-state index in [9.17, 15) is 59.4 Å². The Labute approximate surface area is 303 Å². The number of carboxylic acid groups (broad SMARTS) is 6. The van der Waals surface area contributed by atoms with E-state index in [1.54, 1.807) is 9.80 Å². The quantitative estimate of drug-likeness (QED) is 0.0837. The van der Waals surface area contributed by atoms with Crippen molar-refractivity contribution in [2.75, 3.05) is 111 Å². The van der Waals surface area contributed by atoms with Crippen LogP contribution >= 0.6 is 0 Å². The lowest BCUT2D eigenvalue weighted by atomic mass is 10.0. The number of benzene rings is 1. The third-order valence-corrected chi connectivity index (χ3v) is 8.88. The molecule has 0 aromatic heterocycles. The molecular formula is C34H54N6O12. The summed E-state index contributed by atoms with van der Waals surface area (Å²) < 4.78 is 0. The SMILES string of the molecule is Cc1ccc(CCCC(CN2CCN(CC(=O)O)CCN(CCN(CC(=O)O)CC(=O)O)CCN(CC(=O)O)CC2)N(CC(=O)O)CC(=O)O)cc1. The van der Waals surface area contributed by atoms with Gasteiger partial charge in [0.1, 0.15) is 0 Å². The van der Waals surface area contributed by atoms with Gasteiger partial charge < -0.3 is 30.6 Å². The van der Waals surface area contributed by atoms with E-state index in [-0.39, 0.29) is 45.8 Å². The maximum atomic E-state index is 11.8. The van der Waals surface area contributed by atoms with Crippen LogP contribution in [0.1, 0.15) is 24.0 Å². The predicted octanol–water partition coefficient (Wildman–Crippen LogP) is -0.980. The van der Waals surface area contributed by atoms with Gasteiger partial charge in [0, 0.05) is 78.0 Å². The number of hydrogen-bond donors (Lipinski definition) is 6. The lowest BCUT2D eigenvalue weighted by Gasteiger charge is -2.37. The van der Waals surface area contributed by atoms with Crippen LogP contribution in [0.3, 0.4) is 0 Å². The molecule has 0 radical (unpaired) electrons. The van der Waals surface area contributed by atoms with E-state index < -0.39 is 68.0 Å². The molecule has 0 aliphatic carbocycles. The summed E-state index contributed by atoms with van der Waals surface area (Å²) in [6.45, 7) is 2.67. The van der Waals surface area contributed by atoms with Crippen molar-refractivity contribution in [2.45, 2.75) is 32.2 Å². The first-order valence-electron chi connectivity index (χ1n) is 17.3. The van der Waals surface area contributed by atoms with Crippen LogP contribution < -0.4 is 0 Å². The molecule has 0 spiro atoms. The van der Waals surface area contributed by atoms with Crippen molar-refractivity contribution in [3.05, 3.63) is 35.4 Å². The van der Waals surface area contributed by atoms with Gasteiger partial charge in [-0.3, -0.25) is 58.2 Å². The Morgan fingerprint density at radius 1 is 0.596 bits per heavy atom. The summed E-state index contributed by atoms with van der Waals surface area (Å²) in [7, 11) is 0. The largest absolute Gasteiger partial charge is 0.480 e. The van der Waals surface area contributed by atoms with Crippen LogP contribution in [-0.2, 0) is 35.2 Å². The van der Waals surface area contributed by atoms with Gasteiger partial charge in [0.2, 0.25) is 0 Å². The van der Waals surface area contributed by atoms with Crippen LogP contribution in [0.25, 0.3) is 0 Å². The molecule has 1 aliphatic rings. The molecule has 1 saturated heterocycles. The number of nitrogens with zero attached hydrogens (tertiary/aromatic N) is 6.